The molecular formula is C19H16N4O4. The van der Waals surface area contributed by atoms with E-state index in [1.807, 2.05) is 24.3 Å². The Balaban J connectivity index is 1.40. The summed E-state index contributed by atoms with van der Waals surface area (Å²) in [6.45, 7) is 0.161. The smallest absolute Gasteiger partial charge is 0.257 e. The summed E-state index contributed by atoms with van der Waals surface area (Å²) in [7, 11) is 1.62. The third kappa shape index (κ3) is 3.74. The minimum absolute atomic E-state index is 0.161. The maximum Gasteiger partial charge on any atom is 0.257 e. The molecule has 2 N–H and O–H groups in total. The number of carbonyl (C=O) groups excluding carboxylic acids is 1. The highest BCUT2D eigenvalue weighted by Crippen LogP contribution is 2.32. The fourth-order valence-electron chi connectivity index (χ4n) is 2.51. The maximum absolute atomic E-state index is 12.3. The van der Waals surface area contributed by atoms with Crippen LogP contribution in [0.4, 0.5) is 17.3 Å². The molecule has 3 aromatic rings. The van der Waals surface area contributed by atoms with E-state index in [0.29, 0.717) is 28.7 Å². The molecule has 1 aliphatic rings. The second kappa shape index (κ2) is 7.20. The van der Waals surface area contributed by atoms with Crippen molar-refractivity contribution in [2.24, 2.45) is 0 Å². The molecule has 0 saturated carbocycles. The number of nitrogens with one attached hydrogen (secondary N) is 2. The molecule has 0 aliphatic carbocycles. The molecule has 2 heterocycles. The van der Waals surface area contributed by atoms with Gasteiger partial charge in [0.2, 0.25) is 6.79 Å². The number of nitrogens with zero attached hydrogens (tertiary/aromatic N) is 2. The number of ether oxygens (including phenoxy) is 3. The van der Waals surface area contributed by atoms with E-state index in [2.05, 4.69) is 20.8 Å². The van der Waals surface area contributed by atoms with Crippen molar-refractivity contribution in [2.75, 3.05) is 24.5 Å². The number of hydrogen-bond acceptors (Lipinski definition) is 7. The minimum Gasteiger partial charge on any atom is -0.497 e. The number of benzene rings is 2. The van der Waals surface area contributed by atoms with Gasteiger partial charge in [-0.1, -0.05) is 0 Å². The van der Waals surface area contributed by atoms with Gasteiger partial charge in [0.25, 0.3) is 5.91 Å². The topological polar surface area (TPSA) is 94.6 Å². The summed E-state index contributed by atoms with van der Waals surface area (Å²) in [5, 5.41) is 13.9. The van der Waals surface area contributed by atoms with Crippen molar-refractivity contribution in [1.82, 2.24) is 10.2 Å². The Labute approximate surface area is 155 Å². The summed E-state index contributed by atoms with van der Waals surface area (Å²) >= 11 is 0. The van der Waals surface area contributed by atoms with Gasteiger partial charge in [-0.15, -0.1) is 10.2 Å². The molecule has 136 valence electrons. The fraction of sp³-hybridized carbons (Fsp3) is 0.105. The molecule has 0 unspecified atom stereocenters. The van der Waals surface area contributed by atoms with Crippen molar-refractivity contribution in [1.29, 1.82) is 0 Å². The average Bonchev–Trinajstić information content (AvgIpc) is 3.18. The third-order valence-corrected chi connectivity index (χ3v) is 3.90. The number of fused-ring (bicyclic) bond motifs is 1. The van der Waals surface area contributed by atoms with Gasteiger partial charge in [-0.25, -0.2) is 0 Å². The fourth-order valence-corrected chi connectivity index (χ4v) is 2.51. The second-order valence-electron chi connectivity index (χ2n) is 5.68. The highest BCUT2D eigenvalue weighted by atomic mass is 16.7. The van der Waals surface area contributed by atoms with Gasteiger partial charge in [0.05, 0.1) is 7.11 Å². The van der Waals surface area contributed by atoms with Crippen molar-refractivity contribution in [2.45, 2.75) is 0 Å². The normalized spacial score (nSPS) is 11.7. The summed E-state index contributed by atoms with van der Waals surface area (Å²) < 4.78 is 15.6. The Hall–Kier alpha value is -3.81. The van der Waals surface area contributed by atoms with Gasteiger partial charge in [-0.05, 0) is 54.6 Å². The van der Waals surface area contributed by atoms with E-state index in [0.717, 1.165) is 11.4 Å². The zero-order chi connectivity index (χ0) is 18.6. The predicted molar refractivity (Wildman–Crippen MR) is 98.8 cm³/mol. The number of hydrogen-bond donors (Lipinski definition) is 2. The molecule has 27 heavy (non-hydrogen) atoms. The van der Waals surface area contributed by atoms with Gasteiger partial charge in [-0.3, -0.25) is 4.79 Å². The molecule has 2 aromatic carbocycles. The number of anilines is 3. The van der Waals surface area contributed by atoms with Crippen molar-refractivity contribution >= 4 is 23.2 Å². The number of amides is 1. The highest BCUT2D eigenvalue weighted by molar-refractivity contribution is 6.04. The van der Waals surface area contributed by atoms with Crippen LogP contribution in [0.1, 0.15) is 10.4 Å². The third-order valence-electron chi connectivity index (χ3n) is 3.90. The standard InChI is InChI=1S/C19H16N4O4/c1-25-14-5-3-13(4-6-14)20-17-8-9-18(23-22-17)21-19(24)12-2-7-15-16(10-12)27-11-26-15/h2-10H,11H2,1H3,(H,20,22)(H,21,23,24). The molecule has 8 nitrogen and oxygen atoms in total. The maximum atomic E-state index is 12.3. The SMILES string of the molecule is COc1ccc(Nc2ccc(NC(=O)c3ccc4c(c3)OCO4)nn2)cc1. The zero-order valence-electron chi connectivity index (χ0n) is 14.4. The zero-order valence-corrected chi connectivity index (χ0v) is 14.4. The molecule has 0 fully saturated rings. The summed E-state index contributed by atoms with van der Waals surface area (Å²) in [4.78, 5) is 12.3. The van der Waals surface area contributed by atoms with Crippen LogP contribution in [0.15, 0.2) is 54.6 Å². The van der Waals surface area contributed by atoms with Crippen LogP contribution >= 0.6 is 0 Å². The quantitative estimate of drug-likeness (QED) is 0.718. The van der Waals surface area contributed by atoms with Gasteiger partial charge in [0.1, 0.15) is 5.75 Å². The number of carbonyl (C=O) groups is 1. The van der Waals surface area contributed by atoms with E-state index in [9.17, 15) is 4.79 Å². The first kappa shape index (κ1) is 16.6. The van der Waals surface area contributed by atoms with Gasteiger partial charge in [-0.2, -0.15) is 0 Å². The minimum atomic E-state index is -0.307. The monoisotopic (exact) mass is 364 g/mol. The first-order valence-corrected chi connectivity index (χ1v) is 8.17. The Morgan fingerprint density at radius 3 is 2.44 bits per heavy atom. The van der Waals surface area contributed by atoms with Crippen molar-refractivity contribution in [3.63, 3.8) is 0 Å². The number of rotatable bonds is 5. The highest BCUT2D eigenvalue weighted by Gasteiger charge is 2.16. The largest absolute Gasteiger partial charge is 0.497 e. The first-order valence-electron chi connectivity index (χ1n) is 8.17. The molecule has 1 aromatic heterocycles. The molecule has 1 amide bonds. The lowest BCUT2D eigenvalue weighted by Crippen LogP contribution is -2.13. The Kier molecular flexibility index (Phi) is 4.44. The Morgan fingerprint density at radius 1 is 0.963 bits per heavy atom. The van der Waals surface area contributed by atoms with Crippen molar-refractivity contribution < 1.29 is 19.0 Å². The van der Waals surface area contributed by atoms with Crippen LogP contribution in [0.5, 0.6) is 17.2 Å². The number of aromatic nitrogens is 2. The van der Waals surface area contributed by atoms with Crippen LogP contribution in [-0.4, -0.2) is 30.0 Å². The molecule has 0 radical (unpaired) electrons. The van der Waals surface area contributed by atoms with Gasteiger partial charge in [0, 0.05) is 11.3 Å². The van der Waals surface area contributed by atoms with Crippen LogP contribution < -0.4 is 24.8 Å². The second-order valence-corrected chi connectivity index (χ2v) is 5.68. The molecule has 1 aliphatic heterocycles. The van der Waals surface area contributed by atoms with Crippen molar-refractivity contribution in [3.05, 3.63) is 60.2 Å². The van der Waals surface area contributed by atoms with Gasteiger partial charge < -0.3 is 24.8 Å². The summed E-state index contributed by atoms with van der Waals surface area (Å²) in [6, 6.07) is 15.8. The molecular weight excluding hydrogens is 348 g/mol. The summed E-state index contributed by atoms with van der Waals surface area (Å²) in [5.41, 5.74) is 1.30. The molecule has 4 rings (SSSR count). The van der Waals surface area contributed by atoms with Crippen LogP contribution in [0.3, 0.4) is 0 Å². The summed E-state index contributed by atoms with van der Waals surface area (Å²) in [5.74, 6) is 2.54. The van der Waals surface area contributed by atoms with Gasteiger partial charge >= 0.3 is 0 Å². The molecule has 0 bridgehead atoms. The van der Waals surface area contributed by atoms with Crippen LogP contribution in [0.25, 0.3) is 0 Å². The summed E-state index contributed by atoms with van der Waals surface area (Å²) in [6.07, 6.45) is 0. The van der Waals surface area contributed by atoms with E-state index in [-0.39, 0.29) is 12.7 Å². The predicted octanol–water partition coefficient (Wildman–Crippen LogP) is 3.21. The Bertz CT molecular complexity index is 958. The lowest BCUT2D eigenvalue weighted by molar-refractivity contribution is 0.102. The van der Waals surface area contributed by atoms with Crippen LogP contribution in [0.2, 0.25) is 0 Å². The molecule has 0 saturated heterocycles. The van der Waals surface area contributed by atoms with E-state index in [4.69, 9.17) is 14.2 Å². The number of methoxy groups -OCH3 is 1. The lowest BCUT2D eigenvalue weighted by atomic mass is 10.2. The van der Waals surface area contributed by atoms with Crippen molar-refractivity contribution in [3.8, 4) is 17.2 Å². The van der Waals surface area contributed by atoms with E-state index >= 15 is 0 Å². The van der Waals surface area contributed by atoms with Crippen LogP contribution in [0, 0.1) is 0 Å². The lowest BCUT2D eigenvalue weighted by Gasteiger charge is -2.08. The van der Waals surface area contributed by atoms with Crippen LogP contribution in [-0.2, 0) is 0 Å². The van der Waals surface area contributed by atoms with E-state index < -0.39 is 0 Å². The molecule has 0 spiro atoms. The van der Waals surface area contributed by atoms with E-state index in [1.54, 1.807) is 37.4 Å². The van der Waals surface area contributed by atoms with E-state index in [1.165, 1.54) is 0 Å². The Morgan fingerprint density at radius 2 is 1.70 bits per heavy atom. The average molecular weight is 364 g/mol. The molecule has 8 heteroatoms. The van der Waals surface area contributed by atoms with Gasteiger partial charge in [0.15, 0.2) is 23.1 Å². The first-order chi connectivity index (χ1) is 13.2. The molecule has 0 atom stereocenters.